The summed E-state index contributed by atoms with van der Waals surface area (Å²) < 4.78 is 17.0. The van der Waals surface area contributed by atoms with E-state index in [1.807, 2.05) is 24.3 Å². The van der Waals surface area contributed by atoms with Crippen LogP contribution in [0.2, 0.25) is 0 Å². The van der Waals surface area contributed by atoms with Gasteiger partial charge in [0.2, 0.25) is 5.71 Å². The van der Waals surface area contributed by atoms with E-state index in [-0.39, 0.29) is 28.8 Å². The van der Waals surface area contributed by atoms with Crippen LogP contribution in [0, 0.1) is 6.92 Å². The molecule has 130 valence electrons. The Morgan fingerprint density at radius 2 is 2.00 bits per heavy atom. The van der Waals surface area contributed by atoms with Crippen molar-refractivity contribution in [2.45, 2.75) is 20.4 Å². The van der Waals surface area contributed by atoms with Gasteiger partial charge < -0.3 is 13.9 Å². The summed E-state index contributed by atoms with van der Waals surface area (Å²) >= 11 is 0. The summed E-state index contributed by atoms with van der Waals surface area (Å²) in [6, 6.07) is 7.36. The number of ether oxygens (including phenoxy) is 2. The van der Waals surface area contributed by atoms with Crippen molar-refractivity contribution in [3.8, 4) is 5.75 Å². The lowest BCUT2D eigenvalue weighted by Crippen LogP contribution is -2.22. The highest BCUT2D eigenvalue weighted by Gasteiger charge is 2.23. The van der Waals surface area contributed by atoms with Crippen LogP contribution in [0.4, 0.5) is 0 Å². The zero-order valence-corrected chi connectivity index (χ0v) is 14.2. The lowest BCUT2D eigenvalue weighted by Gasteiger charge is -2.07. The van der Waals surface area contributed by atoms with Gasteiger partial charge in [-0.2, -0.15) is 0 Å². The molecule has 3 aromatic rings. The van der Waals surface area contributed by atoms with E-state index >= 15 is 0 Å². The van der Waals surface area contributed by atoms with Gasteiger partial charge in [0.15, 0.2) is 0 Å². The van der Waals surface area contributed by atoms with Crippen molar-refractivity contribution >= 4 is 17.1 Å². The van der Waals surface area contributed by atoms with Gasteiger partial charge in [-0.25, -0.2) is 9.78 Å². The molecule has 2 heterocycles. The van der Waals surface area contributed by atoms with E-state index in [0.29, 0.717) is 12.3 Å². The summed E-state index contributed by atoms with van der Waals surface area (Å²) in [4.78, 5) is 29.1. The molecular formula is C18H18N2O5. The molecule has 0 aliphatic heterocycles. The summed E-state index contributed by atoms with van der Waals surface area (Å²) in [6.07, 6.45) is 1.41. The molecule has 0 atom stereocenters. The highest BCUT2D eigenvalue weighted by molar-refractivity contribution is 6.03. The molecule has 0 N–H and O–H groups in total. The van der Waals surface area contributed by atoms with Crippen LogP contribution in [0.1, 0.15) is 28.6 Å². The molecule has 0 amide bonds. The van der Waals surface area contributed by atoms with Gasteiger partial charge in [-0.15, -0.1) is 0 Å². The van der Waals surface area contributed by atoms with Gasteiger partial charge in [0, 0.05) is 0 Å². The van der Waals surface area contributed by atoms with Crippen molar-refractivity contribution in [2.24, 2.45) is 0 Å². The number of furan rings is 1. The number of aromatic nitrogens is 2. The molecular weight excluding hydrogens is 324 g/mol. The number of carbonyl (C=O) groups excluding carboxylic acids is 1. The molecule has 7 heteroatoms. The van der Waals surface area contributed by atoms with E-state index in [9.17, 15) is 9.59 Å². The van der Waals surface area contributed by atoms with Gasteiger partial charge in [0.1, 0.15) is 28.8 Å². The molecule has 0 unspecified atom stereocenters. The molecule has 0 fully saturated rings. The third-order valence-electron chi connectivity index (χ3n) is 3.85. The number of benzene rings is 1. The predicted molar refractivity (Wildman–Crippen MR) is 91.1 cm³/mol. The van der Waals surface area contributed by atoms with Crippen molar-refractivity contribution < 1.29 is 18.7 Å². The van der Waals surface area contributed by atoms with E-state index in [4.69, 9.17) is 13.9 Å². The van der Waals surface area contributed by atoms with Crippen LogP contribution in [0.3, 0.4) is 0 Å². The molecule has 7 nitrogen and oxygen atoms in total. The Kier molecular flexibility index (Phi) is 4.56. The van der Waals surface area contributed by atoms with Gasteiger partial charge >= 0.3 is 5.97 Å². The Hall–Kier alpha value is -3.09. The van der Waals surface area contributed by atoms with Crippen molar-refractivity contribution in [3.05, 3.63) is 57.8 Å². The van der Waals surface area contributed by atoms with E-state index < -0.39 is 5.97 Å². The molecule has 0 aliphatic carbocycles. The quantitative estimate of drug-likeness (QED) is 0.663. The Balaban J connectivity index is 2.05. The van der Waals surface area contributed by atoms with Gasteiger partial charge in [-0.3, -0.25) is 9.36 Å². The SMILES string of the molecule is CCOC(=O)c1c(C)oc2ncn(Cc3ccc(OC)cc3)c(=O)c12. The largest absolute Gasteiger partial charge is 0.497 e. The minimum atomic E-state index is -0.583. The zero-order chi connectivity index (χ0) is 18.0. The first-order chi connectivity index (χ1) is 12.0. The third-order valence-corrected chi connectivity index (χ3v) is 3.85. The Labute approximate surface area is 143 Å². The molecule has 0 spiro atoms. The number of rotatable bonds is 5. The maximum Gasteiger partial charge on any atom is 0.342 e. The van der Waals surface area contributed by atoms with Crippen LogP contribution in [0.5, 0.6) is 5.75 Å². The number of hydrogen-bond donors (Lipinski definition) is 0. The Morgan fingerprint density at radius 1 is 1.28 bits per heavy atom. The second-order valence-corrected chi connectivity index (χ2v) is 5.46. The predicted octanol–water partition coefficient (Wildman–Crippen LogP) is 2.53. The topological polar surface area (TPSA) is 83.6 Å². The summed E-state index contributed by atoms with van der Waals surface area (Å²) in [5.74, 6) is 0.472. The normalized spacial score (nSPS) is 10.8. The number of carbonyl (C=O) groups is 1. The average Bonchev–Trinajstić information content (AvgIpc) is 2.95. The highest BCUT2D eigenvalue weighted by Crippen LogP contribution is 2.22. The summed E-state index contributed by atoms with van der Waals surface area (Å²) in [5.41, 5.74) is 0.831. The standard InChI is InChI=1S/C18H18N2O5/c1-4-24-18(22)14-11(2)25-16-15(14)17(21)20(10-19-16)9-12-5-7-13(23-3)8-6-12/h5-8,10H,4,9H2,1-3H3. The summed E-state index contributed by atoms with van der Waals surface area (Å²) in [6.45, 7) is 3.85. The Morgan fingerprint density at radius 3 is 2.64 bits per heavy atom. The second-order valence-electron chi connectivity index (χ2n) is 5.46. The van der Waals surface area contributed by atoms with Crippen LogP contribution in [-0.4, -0.2) is 29.2 Å². The van der Waals surface area contributed by atoms with Crippen molar-refractivity contribution in [2.75, 3.05) is 13.7 Å². The van der Waals surface area contributed by atoms with Crippen LogP contribution >= 0.6 is 0 Å². The van der Waals surface area contributed by atoms with Crippen molar-refractivity contribution in [1.82, 2.24) is 9.55 Å². The number of nitrogens with zero attached hydrogens (tertiary/aromatic N) is 2. The molecule has 0 bridgehead atoms. The molecule has 0 aliphatic rings. The first-order valence-corrected chi connectivity index (χ1v) is 7.83. The fourth-order valence-electron chi connectivity index (χ4n) is 2.63. The fraction of sp³-hybridized carbons (Fsp3) is 0.278. The zero-order valence-electron chi connectivity index (χ0n) is 14.2. The van der Waals surface area contributed by atoms with Crippen molar-refractivity contribution in [3.63, 3.8) is 0 Å². The van der Waals surface area contributed by atoms with Gasteiger partial charge in [0.25, 0.3) is 5.56 Å². The minimum absolute atomic E-state index is 0.136. The van der Waals surface area contributed by atoms with Crippen LogP contribution < -0.4 is 10.3 Å². The average molecular weight is 342 g/mol. The van der Waals surface area contributed by atoms with E-state index in [1.165, 1.54) is 10.9 Å². The number of aryl methyl sites for hydroxylation is 1. The van der Waals surface area contributed by atoms with Gasteiger partial charge in [0.05, 0.1) is 20.3 Å². The van der Waals surface area contributed by atoms with Crippen LogP contribution in [-0.2, 0) is 11.3 Å². The highest BCUT2D eigenvalue weighted by atomic mass is 16.5. The van der Waals surface area contributed by atoms with Crippen LogP contribution in [0.15, 0.2) is 39.8 Å². The van der Waals surface area contributed by atoms with E-state index in [0.717, 1.165) is 11.3 Å². The lowest BCUT2D eigenvalue weighted by molar-refractivity contribution is 0.0526. The lowest BCUT2D eigenvalue weighted by atomic mass is 10.2. The van der Waals surface area contributed by atoms with E-state index in [2.05, 4.69) is 4.98 Å². The molecule has 0 saturated carbocycles. The molecule has 3 rings (SSSR count). The maximum atomic E-state index is 12.8. The molecule has 2 aromatic heterocycles. The van der Waals surface area contributed by atoms with Gasteiger partial charge in [-0.1, -0.05) is 12.1 Å². The molecule has 0 saturated heterocycles. The number of fused-ring (bicyclic) bond motifs is 1. The monoisotopic (exact) mass is 342 g/mol. The summed E-state index contributed by atoms with van der Waals surface area (Å²) in [7, 11) is 1.59. The molecule has 0 radical (unpaired) electrons. The smallest absolute Gasteiger partial charge is 0.342 e. The first-order valence-electron chi connectivity index (χ1n) is 7.83. The Bertz CT molecular complexity index is 970. The van der Waals surface area contributed by atoms with Crippen molar-refractivity contribution in [1.29, 1.82) is 0 Å². The van der Waals surface area contributed by atoms with E-state index in [1.54, 1.807) is 21.0 Å². The molecule has 1 aromatic carbocycles. The minimum Gasteiger partial charge on any atom is -0.497 e. The van der Waals surface area contributed by atoms with Crippen LogP contribution in [0.25, 0.3) is 11.1 Å². The summed E-state index contributed by atoms with van der Waals surface area (Å²) in [5, 5.41) is 0.145. The number of hydrogen-bond acceptors (Lipinski definition) is 6. The second kappa shape index (κ2) is 6.80. The third kappa shape index (κ3) is 3.13. The maximum absolute atomic E-state index is 12.8. The number of methoxy groups -OCH3 is 1. The first kappa shape index (κ1) is 16.8. The van der Waals surface area contributed by atoms with Gasteiger partial charge in [-0.05, 0) is 31.5 Å². The number of esters is 1. The molecule has 25 heavy (non-hydrogen) atoms. The fourth-order valence-corrected chi connectivity index (χ4v) is 2.63.